The van der Waals surface area contributed by atoms with Crippen molar-refractivity contribution in [2.45, 2.75) is 44.0 Å². The van der Waals surface area contributed by atoms with E-state index in [4.69, 9.17) is 4.74 Å². The largest absolute Gasteiger partial charge is 0.394 e. The minimum absolute atomic E-state index is 0.139. The highest BCUT2D eigenvalue weighted by Gasteiger charge is 2.43. The summed E-state index contributed by atoms with van der Waals surface area (Å²) < 4.78 is 6.97. The molecule has 130 valence electrons. The van der Waals surface area contributed by atoms with Crippen LogP contribution < -0.4 is 0 Å². The zero-order valence-corrected chi connectivity index (χ0v) is 13.2. The fourth-order valence-corrected chi connectivity index (χ4v) is 2.76. The van der Waals surface area contributed by atoms with Gasteiger partial charge in [0.2, 0.25) is 0 Å². The molecule has 1 saturated heterocycles. The van der Waals surface area contributed by atoms with E-state index >= 15 is 0 Å². The van der Waals surface area contributed by atoms with E-state index in [0.717, 1.165) is 11.1 Å². The van der Waals surface area contributed by atoms with Crippen LogP contribution in [-0.4, -0.2) is 72.5 Å². The van der Waals surface area contributed by atoms with Crippen LogP contribution in [0.5, 0.6) is 0 Å². The molecule has 1 fully saturated rings. The molecule has 0 saturated carbocycles. The lowest BCUT2D eigenvalue weighted by Gasteiger charge is -2.39. The van der Waals surface area contributed by atoms with Crippen molar-refractivity contribution in [3.63, 3.8) is 0 Å². The van der Waals surface area contributed by atoms with E-state index in [1.54, 1.807) is 6.20 Å². The van der Waals surface area contributed by atoms with Gasteiger partial charge in [-0.25, -0.2) is 4.68 Å². The topological polar surface area (TPSA) is 121 Å². The van der Waals surface area contributed by atoms with Gasteiger partial charge in [0.05, 0.1) is 19.3 Å². The maximum Gasteiger partial charge on any atom is 0.113 e. The highest BCUT2D eigenvalue weighted by atomic mass is 16.5. The number of benzene rings is 1. The Bertz CT molecular complexity index is 673. The zero-order valence-electron chi connectivity index (χ0n) is 13.2. The molecule has 1 aromatic heterocycles. The molecule has 0 radical (unpaired) electrons. The summed E-state index contributed by atoms with van der Waals surface area (Å²) in [5, 5.41) is 47.0. The second-order valence-corrected chi connectivity index (χ2v) is 6.06. The van der Waals surface area contributed by atoms with Gasteiger partial charge < -0.3 is 25.2 Å². The minimum atomic E-state index is -1.39. The number of rotatable bonds is 4. The molecule has 0 bridgehead atoms. The molecule has 1 aliphatic rings. The summed E-state index contributed by atoms with van der Waals surface area (Å²) in [5.74, 6) is 0. The first-order chi connectivity index (χ1) is 11.5. The summed E-state index contributed by atoms with van der Waals surface area (Å²) >= 11 is 0. The van der Waals surface area contributed by atoms with Crippen molar-refractivity contribution in [3.05, 3.63) is 36.0 Å². The Morgan fingerprint density at radius 3 is 2.38 bits per heavy atom. The summed E-state index contributed by atoms with van der Waals surface area (Å²) in [7, 11) is 0. The smallest absolute Gasteiger partial charge is 0.113 e. The SMILES string of the molecule is Cc1ccc(-c2cn(C[C@H]3O[C@H](CO)[C@@H](O)[C@H](O)[C@@H]3O)nn2)cc1. The van der Waals surface area contributed by atoms with Crippen molar-refractivity contribution in [3.8, 4) is 11.3 Å². The van der Waals surface area contributed by atoms with E-state index < -0.39 is 37.1 Å². The molecule has 4 N–H and O–H groups in total. The van der Waals surface area contributed by atoms with E-state index in [1.807, 2.05) is 31.2 Å². The molecule has 8 heteroatoms. The number of ether oxygens (including phenoxy) is 1. The molecule has 0 amide bonds. The van der Waals surface area contributed by atoms with Crippen LogP contribution in [0.25, 0.3) is 11.3 Å². The average Bonchev–Trinajstić information content (AvgIpc) is 3.04. The Balaban J connectivity index is 1.73. The Morgan fingerprint density at radius 2 is 1.71 bits per heavy atom. The van der Waals surface area contributed by atoms with Crippen LogP contribution in [0.4, 0.5) is 0 Å². The van der Waals surface area contributed by atoms with Crippen molar-refractivity contribution in [1.29, 1.82) is 0 Å². The quantitative estimate of drug-likeness (QED) is 0.571. The third-order valence-corrected chi connectivity index (χ3v) is 4.24. The highest BCUT2D eigenvalue weighted by molar-refractivity contribution is 5.57. The van der Waals surface area contributed by atoms with Gasteiger partial charge >= 0.3 is 0 Å². The number of aromatic nitrogens is 3. The molecule has 2 aromatic rings. The van der Waals surface area contributed by atoms with Crippen molar-refractivity contribution in [2.24, 2.45) is 0 Å². The molecule has 1 aromatic carbocycles. The third kappa shape index (κ3) is 3.33. The number of nitrogens with zero attached hydrogens (tertiary/aromatic N) is 3. The van der Waals surface area contributed by atoms with Crippen LogP contribution in [0.15, 0.2) is 30.5 Å². The predicted molar refractivity (Wildman–Crippen MR) is 84.0 cm³/mol. The van der Waals surface area contributed by atoms with Crippen LogP contribution >= 0.6 is 0 Å². The van der Waals surface area contributed by atoms with E-state index in [-0.39, 0.29) is 6.54 Å². The van der Waals surface area contributed by atoms with Gasteiger partial charge in [0, 0.05) is 5.56 Å². The lowest BCUT2D eigenvalue weighted by atomic mass is 9.95. The molecule has 0 spiro atoms. The first-order valence-corrected chi connectivity index (χ1v) is 7.77. The summed E-state index contributed by atoms with van der Waals surface area (Å²) in [6.45, 7) is 1.69. The molecular formula is C16H21N3O5. The second-order valence-electron chi connectivity index (χ2n) is 6.06. The maximum absolute atomic E-state index is 10.1. The maximum atomic E-state index is 10.1. The normalized spacial score (nSPS) is 30.5. The van der Waals surface area contributed by atoms with Gasteiger partial charge in [0.15, 0.2) is 0 Å². The number of aliphatic hydroxyl groups is 4. The molecule has 3 rings (SSSR count). The fraction of sp³-hybridized carbons (Fsp3) is 0.500. The lowest BCUT2D eigenvalue weighted by molar-refractivity contribution is -0.232. The van der Waals surface area contributed by atoms with Crippen molar-refractivity contribution in [2.75, 3.05) is 6.61 Å². The first-order valence-electron chi connectivity index (χ1n) is 7.77. The van der Waals surface area contributed by atoms with Crippen molar-refractivity contribution in [1.82, 2.24) is 15.0 Å². The highest BCUT2D eigenvalue weighted by Crippen LogP contribution is 2.23. The standard InChI is InChI=1S/C16H21N3O5/c1-9-2-4-10(5-3-9)11-6-19(18-17-11)7-12-14(21)16(23)15(22)13(8-20)24-12/h2-6,12-16,20-23H,7-8H2,1H3/t12-,13-,14-,15-,16-/m1/s1. The Labute approximate surface area is 138 Å². The Hall–Kier alpha value is -1.84. The fourth-order valence-electron chi connectivity index (χ4n) is 2.76. The summed E-state index contributed by atoms with van der Waals surface area (Å²) in [4.78, 5) is 0. The van der Waals surface area contributed by atoms with Gasteiger partial charge in [-0.1, -0.05) is 35.0 Å². The predicted octanol–water partition coefficient (Wildman–Crippen LogP) is -0.904. The van der Waals surface area contributed by atoms with Crippen LogP contribution in [-0.2, 0) is 11.3 Å². The van der Waals surface area contributed by atoms with Crippen LogP contribution in [0.2, 0.25) is 0 Å². The van der Waals surface area contributed by atoms with Crippen LogP contribution in [0.1, 0.15) is 5.56 Å². The van der Waals surface area contributed by atoms with Crippen LogP contribution in [0.3, 0.4) is 0 Å². The molecule has 0 unspecified atom stereocenters. The number of aliphatic hydroxyl groups excluding tert-OH is 4. The van der Waals surface area contributed by atoms with Gasteiger partial charge in [0.1, 0.15) is 36.2 Å². The molecule has 0 aliphatic carbocycles. The van der Waals surface area contributed by atoms with Gasteiger partial charge in [0.25, 0.3) is 0 Å². The molecule has 8 nitrogen and oxygen atoms in total. The van der Waals surface area contributed by atoms with Gasteiger partial charge in [-0.15, -0.1) is 5.10 Å². The number of hydrogen-bond acceptors (Lipinski definition) is 7. The molecule has 24 heavy (non-hydrogen) atoms. The van der Waals surface area contributed by atoms with E-state index in [2.05, 4.69) is 10.3 Å². The van der Waals surface area contributed by atoms with Gasteiger partial charge in [-0.3, -0.25) is 0 Å². The molecule has 2 heterocycles. The van der Waals surface area contributed by atoms with E-state index in [9.17, 15) is 20.4 Å². The third-order valence-electron chi connectivity index (χ3n) is 4.24. The Morgan fingerprint density at radius 1 is 1.04 bits per heavy atom. The Kier molecular flexibility index (Phi) is 4.93. The second kappa shape index (κ2) is 6.96. The average molecular weight is 335 g/mol. The van der Waals surface area contributed by atoms with Crippen molar-refractivity contribution < 1.29 is 25.2 Å². The van der Waals surface area contributed by atoms with E-state index in [0.29, 0.717) is 5.69 Å². The first kappa shape index (κ1) is 17.0. The molecule has 1 aliphatic heterocycles. The molecule has 5 atom stereocenters. The zero-order chi connectivity index (χ0) is 17.3. The summed E-state index contributed by atoms with van der Waals surface area (Å²) in [6, 6.07) is 7.84. The van der Waals surface area contributed by atoms with Gasteiger partial charge in [-0.05, 0) is 6.92 Å². The van der Waals surface area contributed by atoms with Crippen LogP contribution in [0, 0.1) is 6.92 Å². The summed E-state index contributed by atoms with van der Waals surface area (Å²) in [5.41, 5.74) is 2.74. The minimum Gasteiger partial charge on any atom is -0.394 e. The number of hydrogen-bond donors (Lipinski definition) is 4. The van der Waals surface area contributed by atoms with Crippen molar-refractivity contribution >= 4 is 0 Å². The summed E-state index contributed by atoms with van der Waals surface area (Å²) in [6.07, 6.45) is -4.05. The number of aryl methyl sites for hydroxylation is 1. The molecular weight excluding hydrogens is 314 g/mol. The van der Waals surface area contributed by atoms with E-state index in [1.165, 1.54) is 4.68 Å². The lowest BCUT2D eigenvalue weighted by Crippen LogP contribution is -2.59. The monoisotopic (exact) mass is 335 g/mol. The van der Waals surface area contributed by atoms with Gasteiger partial charge in [-0.2, -0.15) is 0 Å².